The first kappa shape index (κ1) is 21.5. The number of nitriles is 1. The van der Waals surface area contributed by atoms with E-state index in [2.05, 4.69) is 33.9 Å². The van der Waals surface area contributed by atoms with Gasteiger partial charge in [0.05, 0.1) is 10.6 Å². The lowest BCUT2D eigenvalue weighted by Crippen LogP contribution is -2.44. The third-order valence-corrected chi connectivity index (χ3v) is 7.22. The molecule has 2 fully saturated rings. The van der Waals surface area contributed by atoms with E-state index in [-0.39, 0.29) is 0 Å². The van der Waals surface area contributed by atoms with Gasteiger partial charge in [-0.05, 0) is 69.2 Å². The Morgan fingerprint density at radius 2 is 1.80 bits per heavy atom. The molecular weight excluding hydrogens is 415 g/mol. The van der Waals surface area contributed by atoms with Crippen LogP contribution >= 0.6 is 23.2 Å². The number of hydrogen-bond acceptors (Lipinski definition) is 4. The van der Waals surface area contributed by atoms with Crippen LogP contribution in [0.15, 0.2) is 42.5 Å². The van der Waals surface area contributed by atoms with Gasteiger partial charge in [-0.15, -0.1) is 0 Å². The van der Waals surface area contributed by atoms with Crippen molar-refractivity contribution in [1.82, 2.24) is 9.80 Å². The maximum absolute atomic E-state index is 9.25. The number of benzene rings is 2. The van der Waals surface area contributed by atoms with Gasteiger partial charge in [0.2, 0.25) is 0 Å². The van der Waals surface area contributed by atoms with E-state index < -0.39 is 0 Å². The highest BCUT2D eigenvalue weighted by Crippen LogP contribution is 2.32. The third-order valence-electron chi connectivity index (χ3n) is 6.54. The molecule has 2 heterocycles. The lowest BCUT2D eigenvalue weighted by atomic mass is 10.0. The highest BCUT2D eigenvalue weighted by Gasteiger charge is 2.33. The molecule has 2 aromatic carbocycles. The Morgan fingerprint density at radius 1 is 1.03 bits per heavy atom. The van der Waals surface area contributed by atoms with E-state index >= 15 is 0 Å². The van der Waals surface area contributed by atoms with Crippen LogP contribution in [0, 0.1) is 11.3 Å². The quantitative estimate of drug-likeness (QED) is 0.649. The van der Waals surface area contributed by atoms with Gasteiger partial charge in [-0.25, -0.2) is 0 Å². The van der Waals surface area contributed by atoms with Gasteiger partial charge in [-0.2, -0.15) is 5.26 Å². The number of nitrogens with zero attached hydrogens (tertiary/aromatic N) is 4. The molecule has 6 heteroatoms. The Labute approximate surface area is 189 Å². The molecule has 2 aliphatic heterocycles. The monoisotopic (exact) mass is 442 g/mol. The number of likely N-dealkylation sites (tertiary alicyclic amines) is 2. The SMILES string of the molecule is CN1CCC(N2CC[C@H](N(Cc3ccccc3Cl)c3ccc(C#N)c(Cl)c3)C2)CC1. The highest BCUT2D eigenvalue weighted by molar-refractivity contribution is 6.32. The van der Waals surface area contributed by atoms with Crippen molar-refractivity contribution in [3.63, 3.8) is 0 Å². The van der Waals surface area contributed by atoms with E-state index in [1.165, 1.54) is 25.9 Å². The van der Waals surface area contributed by atoms with Crippen molar-refractivity contribution in [2.45, 2.75) is 37.9 Å². The molecule has 4 nitrogen and oxygen atoms in total. The van der Waals surface area contributed by atoms with Crippen LogP contribution in [0.25, 0.3) is 0 Å². The van der Waals surface area contributed by atoms with Gasteiger partial charge in [-0.1, -0.05) is 41.4 Å². The average Bonchev–Trinajstić information content (AvgIpc) is 3.23. The van der Waals surface area contributed by atoms with E-state index in [0.717, 1.165) is 42.3 Å². The molecule has 2 aliphatic rings. The highest BCUT2D eigenvalue weighted by atomic mass is 35.5. The second kappa shape index (κ2) is 9.58. The summed E-state index contributed by atoms with van der Waals surface area (Å²) < 4.78 is 0. The molecule has 2 saturated heterocycles. The molecule has 2 aromatic rings. The maximum atomic E-state index is 9.25. The van der Waals surface area contributed by atoms with E-state index in [4.69, 9.17) is 23.2 Å². The van der Waals surface area contributed by atoms with Gasteiger partial charge < -0.3 is 9.80 Å². The van der Waals surface area contributed by atoms with Crippen molar-refractivity contribution in [3.05, 3.63) is 63.6 Å². The standard InChI is InChI=1S/C24H28Cl2N4/c1-28-11-8-20(9-12-28)29-13-10-22(17-29)30(16-19-4-2-3-5-23(19)25)21-7-6-18(15-27)24(26)14-21/h2-7,14,20,22H,8-13,16-17H2,1H3/t22-/m0/s1. The second-order valence-electron chi connectivity index (χ2n) is 8.47. The molecule has 0 aliphatic carbocycles. The van der Waals surface area contributed by atoms with Crippen LogP contribution in [0.2, 0.25) is 10.0 Å². The summed E-state index contributed by atoms with van der Waals surface area (Å²) in [4.78, 5) is 7.51. The first-order valence-electron chi connectivity index (χ1n) is 10.7. The zero-order valence-electron chi connectivity index (χ0n) is 17.4. The zero-order chi connectivity index (χ0) is 21.1. The maximum Gasteiger partial charge on any atom is 0.101 e. The van der Waals surface area contributed by atoms with Crippen LogP contribution in [0.1, 0.15) is 30.4 Å². The third kappa shape index (κ3) is 4.76. The molecule has 0 saturated carbocycles. The summed E-state index contributed by atoms with van der Waals surface area (Å²) in [7, 11) is 2.21. The van der Waals surface area contributed by atoms with Crippen molar-refractivity contribution < 1.29 is 0 Å². The van der Waals surface area contributed by atoms with Crippen LogP contribution in [-0.2, 0) is 6.54 Å². The van der Waals surface area contributed by atoms with Crippen molar-refractivity contribution in [3.8, 4) is 6.07 Å². The number of rotatable bonds is 5. The normalized spacial score (nSPS) is 20.9. The van der Waals surface area contributed by atoms with Crippen LogP contribution in [-0.4, -0.2) is 55.1 Å². The molecule has 0 unspecified atom stereocenters. The molecule has 0 N–H and O–H groups in total. The summed E-state index contributed by atoms with van der Waals surface area (Å²) >= 11 is 12.9. The molecule has 30 heavy (non-hydrogen) atoms. The van der Waals surface area contributed by atoms with Crippen molar-refractivity contribution >= 4 is 28.9 Å². The largest absolute Gasteiger partial charge is 0.363 e. The van der Waals surface area contributed by atoms with E-state index in [9.17, 15) is 5.26 Å². The van der Waals surface area contributed by atoms with Gasteiger partial charge in [0.15, 0.2) is 0 Å². The smallest absolute Gasteiger partial charge is 0.101 e. The fraction of sp³-hybridized carbons (Fsp3) is 0.458. The second-order valence-corrected chi connectivity index (χ2v) is 9.28. The van der Waals surface area contributed by atoms with Gasteiger partial charge in [0, 0.05) is 42.4 Å². The van der Waals surface area contributed by atoms with Crippen molar-refractivity contribution in [2.24, 2.45) is 0 Å². The number of anilines is 1. The van der Waals surface area contributed by atoms with Gasteiger partial charge >= 0.3 is 0 Å². The first-order valence-corrected chi connectivity index (χ1v) is 11.4. The summed E-state index contributed by atoms with van der Waals surface area (Å²) in [5.41, 5.74) is 2.67. The first-order chi connectivity index (χ1) is 14.5. The van der Waals surface area contributed by atoms with E-state index in [1.54, 1.807) is 0 Å². The fourth-order valence-corrected chi connectivity index (χ4v) is 5.14. The topological polar surface area (TPSA) is 33.5 Å². The molecule has 0 radical (unpaired) electrons. The lowest BCUT2D eigenvalue weighted by molar-refractivity contribution is 0.142. The number of hydrogen-bond donors (Lipinski definition) is 0. The number of halogens is 2. The van der Waals surface area contributed by atoms with E-state index in [1.807, 2.05) is 36.4 Å². The Hall–Kier alpha value is -1.77. The van der Waals surface area contributed by atoms with Crippen molar-refractivity contribution in [1.29, 1.82) is 5.26 Å². The minimum Gasteiger partial charge on any atom is -0.363 e. The Morgan fingerprint density at radius 3 is 2.50 bits per heavy atom. The Bertz CT molecular complexity index is 918. The van der Waals surface area contributed by atoms with Crippen LogP contribution in [0.3, 0.4) is 0 Å². The minimum atomic E-state index is 0.393. The molecule has 0 amide bonds. The van der Waals surface area contributed by atoms with Crippen molar-refractivity contribution in [2.75, 3.05) is 38.1 Å². The Balaban J connectivity index is 1.57. The molecule has 1 atom stereocenters. The van der Waals surface area contributed by atoms with Crippen LogP contribution in [0.5, 0.6) is 0 Å². The number of piperidine rings is 1. The van der Waals surface area contributed by atoms with Crippen LogP contribution < -0.4 is 4.90 Å². The van der Waals surface area contributed by atoms with Gasteiger partial charge in [-0.3, -0.25) is 4.90 Å². The fourth-order valence-electron chi connectivity index (χ4n) is 4.73. The molecule has 0 spiro atoms. The summed E-state index contributed by atoms with van der Waals surface area (Å²) in [5, 5.41) is 10.5. The molecule has 4 rings (SSSR count). The summed E-state index contributed by atoms with van der Waals surface area (Å²) in [6, 6.07) is 17.0. The van der Waals surface area contributed by atoms with E-state index in [0.29, 0.717) is 22.7 Å². The minimum absolute atomic E-state index is 0.393. The molecule has 0 bridgehead atoms. The predicted molar refractivity (Wildman–Crippen MR) is 124 cm³/mol. The predicted octanol–water partition coefficient (Wildman–Crippen LogP) is 5.04. The molecule has 0 aromatic heterocycles. The summed E-state index contributed by atoms with van der Waals surface area (Å²) in [6.45, 7) is 5.27. The van der Waals surface area contributed by atoms with Crippen LogP contribution in [0.4, 0.5) is 5.69 Å². The molecular formula is C24H28Cl2N4. The van der Waals surface area contributed by atoms with Gasteiger partial charge in [0.25, 0.3) is 0 Å². The summed E-state index contributed by atoms with van der Waals surface area (Å²) in [6.07, 6.45) is 3.61. The average molecular weight is 443 g/mol. The molecule has 158 valence electrons. The lowest BCUT2D eigenvalue weighted by Gasteiger charge is -2.36. The summed E-state index contributed by atoms with van der Waals surface area (Å²) in [5.74, 6) is 0. The Kier molecular flexibility index (Phi) is 6.85. The zero-order valence-corrected chi connectivity index (χ0v) is 18.9. The van der Waals surface area contributed by atoms with Gasteiger partial charge in [0.1, 0.15) is 6.07 Å².